The first kappa shape index (κ1) is 16.0. The number of hydrogen-bond donors (Lipinski definition) is 1. The van der Waals surface area contributed by atoms with Crippen LogP contribution in [0.3, 0.4) is 0 Å². The van der Waals surface area contributed by atoms with Gasteiger partial charge in [-0.25, -0.2) is 0 Å². The zero-order valence-corrected chi connectivity index (χ0v) is 14.6. The van der Waals surface area contributed by atoms with Crippen LogP contribution < -0.4 is 10.1 Å². The number of halogens is 2. The van der Waals surface area contributed by atoms with Crippen molar-refractivity contribution in [1.29, 1.82) is 0 Å². The summed E-state index contributed by atoms with van der Waals surface area (Å²) in [7, 11) is 0. The molecule has 0 fully saturated rings. The van der Waals surface area contributed by atoms with Gasteiger partial charge in [-0.05, 0) is 55.3 Å². The minimum absolute atomic E-state index is 0.171. The first-order valence-corrected chi connectivity index (χ1v) is 7.90. The molecule has 18 heavy (non-hydrogen) atoms. The summed E-state index contributed by atoms with van der Waals surface area (Å²) in [6.45, 7) is 9.27. The van der Waals surface area contributed by atoms with Crippen molar-refractivity contribution in [3.8, 4) is 5.75 Å². The molecule has 1 aromatic rings. The highest BCUT2D eigenvalue weighted by Gasteiger charge is 2.12. The standard InChI is InChI=1S/C14H21Br2NO/c1-5-10(4)17-8-11-6-12(15)7-13(16)14(11)18-9(2)3/h6-7,9-10,17H,5,8H2,1-4H3/t10-/m0/s1. The van der Waals surface area contributed by atoms with E-state index >= 15 is 0 Å². The fourth-order valence-corrected chi connectivity index (χ4v) is 2.95. The third kappa shape index (κ3) is 4.90. The number of hydrogen-bond acceptors (Lipinski definition) is 2. The third-order valence-electron chi connectivity index (χ3n) is 2.69. The van der Waals surface area contributed by atoms with Crippen LogP contribution in [0, 0.1) is 0 Å². The van der Waals surface area contributed by atoms with Crippen LogP contribution in [0.2, 0.25) is 0 Å². The van der Waals surface area contributed by atoms with E-state index in [0.29, 0.717) is 6.04 Å². The summed E-state index contributed by atoms with van der Waals surface area (Å²) in [5.74, 6) is 0.934. The maximum atomic E-state index is 5.89. The first-order chi connectivity index (χ1) is 8.43. The Balaban J connectivity index is 2.92. The van der Waals surface area contributed by atoms with Crippen molar-refractivity contribution in [2.24, 2.45) is 0 Å². The minimum Gasteiger partial charge on any atom is -0.489 e. The Hall–Kier alpha value is -0.0600. The lowest BCUT2D eigenvalue weighted by molar-refractivity contribution is 0.237. The van der Waals surface area contributed by atoms with Crippen molar-refractivity contribution in [2.45, 2.75) is 52.8 Å². The maximum Gasteiger partial charge on any atom is 0.138 e. The molecule has 0 saturated heterocycles. The van der Waals surface area contributed by atoms with Crippen molar-refractivity contribution in [3.05, 3.63) is 26.6 Å². The Morgan fingerprint density at radius 2 is 1.89 bits per heavy atom. The molecule has 0 aliphatic carbocycles. The summed E-state index contributed by atoms with van der Waals surface area (Å²) in [6, 6.07) is 4.64. The molecule has 0 unspecified atom stereocenters. The van der Waals surface area contributed by atoms with E-state index in [1.54, 1.807) is 0 Å². The average molecular weight is 379 g/mol. The molecule has 0 spiro atoms. The average Bonchev–Trinajstić information content (AvgIpc) is 2.29. The van der Waals surface area contributed by atoms with Gasteiger partial charge in [0, 0.05) is 22.6 Å². The van der Waals surface area contributed by atoms with Crippen LogP contribution in [-0.2, 0) is 6.54 Å². The lowest BCUT2D eigenvalue weighted by atomic mass is 10.1. The first-order valence-electron chi connectivity index (χ1n) is 6.32. The Morgan fingerprint density at radius 1 is 1.22 bits per heavy atom. The second kappa shape index (κ2) is 7.51. The topological polar surface area (TPSA) is 21.3 Å². The SMILES string of the molecule is CC[C@H](C)NCc1cc(Br)cc(Br)c1OC(C)C. The lowest BCUT2D eigenvalue weighted by Gasteiger charge is -2.18. The number of ether oxygens (including phenoxy) is 1. The van der Waals surface area contributed by atoms with Crippen LogP contribution >= 0.6 is 31.9 Å². The number of nitrogens with one attached hydrogen (secondary N) is 1. The number of rotatable bonds is 6. The summed E-state index contributed by atoms with van der Waals surface area (Å²) in [4.78, 5) is 0. The second-order valence-corrected chi connectivity index (χ2v) is 6.50. The molecule has 0 aliphatic heterocycles. The fraction of sp³-hybridized carbons (Fsp3) is 0.571. The largest absolute Gasteiger partial charge is 0.489 e. The van der Waals surface area contributed by atoms with Gasteiger partial charge in [0.05, 0.1) is 10.6 Å². The van der Waals surface area contributed by atoms with Gasteiger partial charge in [0.1, 0.15) is 5.75 Å². The van der Waals surface area contributed by atoms with Crippen LogP contribution in [0.1, 0.15) is 39.7 Å². The highest BCUT2D eigenvalue weighted by Crippen LogP contribution is 2.33. The fourth-order valence-electron chi connectivity index (χ4n) is 1.54. The third-order valence-corrected chi connectivity index (χ3v) is 3.74. The Labute approximate surface area is 127 Å². The van der Waals surface area contributed by atoms with E-state index in [2.05, 4.69) is 57.1 Å². The smallest absolute Gasteiger partial charge is 0.138 e. The summed E-state index contributed by atoms with van der Waals surface area (Å²) in [6.07, 6.45) is 1.29. The van der Waals surface area contributed by atoms with E-state index in [1.807, 2.05) is 19.9 Å². The molecule has 0 aromatic heterocycles. The predicted molar refractivity (Wildman–Crippen MR) is 84.2 cm³/mol. The van der Waals surface area contributed by atoms with Gasteiger partial charge in [0.15, 0.2) is 0 Å². The Morgan fingerprint density at radius 3 is 2.44 bits per heavy atom. The summed E-state index contributed by atoms with van der Waals surface area (Å²) in [5, 5.41) is 3.49. The molecule has 0 saturated carbocycles. The van der Waals surface area contributed by atoms with Gasteiger partial charge in [-0.2, -0.15) is 0 Å². The van der Waals surface area contributed by atoms with Crippen LogP contribution in [0.25, 0.3) is 0 Å². The lowest BCUT2D eigenvalue weighted by Crippen LogP contribution is -2.25. The highest BCUT2D eigenvalue weighted by atomic mass is 79.9. The minimum atomic E-state index is 0.171. The molecule has 0 radical (unpaired) electrons. The van der Waals surface area contributed by atoms with Crippen molar-refractivity contribution >= 4 is 31.9 Å². The van der Waals surface area contributed by atoms with E-state index in [0.717, 1.165) is 27.7 Å². The summed E-state index contributed by atoms with van der Waals surface area (Å²) in [5.41, 5.74) is 1.17. The molecule has 102 valence electrons. The molecule has 1 aromatic carbocycles. The van der Waals surface area contributed by atoms with Crippen molar-refractivity contribution in [2.75, 3.05) is 0 Å². The van der Waals surface area contributed by atoms with Crippen LogP contribution in [0.4, 0.5) is 0 Å². The van der Waals surface area contributed by atoms with Crippen molar-refractivity contribution in [3.63, 3.8) is 0 Å². The van der Waals surface area contributed by atoms with Gasteiger partial charge in [0.25, 0.3) is 0 Å². The molecule has 0 aliphatic rings. The molecular formula is C14H21Br2NO. The molecular weight excluding hydrogens is 358 g/mol. The van der Waals surface area contributed by atoms with Crippen molar-refractivity contribution < 1.29 is 4.74 Å². The molecule has 0 bridgehead atoms. The summed E-state index contributed by atoms with van der Waals surface area (Å²) < 4.78 is 7.94. The van der Waals surface area contributed by atoms with Gasteiger partial charge >= 0.3 is 0 Å². The molecule has 1 rings (SSSR count). The van der Waals surface area contributed by atoms with Crippen LogP contribution in [-0.4, -0.2) is 12.1 Å². The van der Waals surface area contributed by atoms with Crippen molar-refractivity contribution in [1.82, 2.24) is 5.32 Å². The van der Waals surface area contributed by atoms with Gasteiger partial charge in [0.2, 0.25) is 0 Å². The molecule has 2 nitrogen and oxygen atoms in total. The molecule has 1 atom stereocenters. The maximum absolute atomic E-state index is 5.89. The highest BCUT2D eigenvalue weighted by molar-refractivity contribution is 9.11. The zero-order chi connectivity index (χ0) is 13.7. The quantitative estimate of drug-likeness (QED) is 0.760. The van der Waals surface area contributed by atoms with E-state index in [1.165, 1.54) is 5.56 Å². The predicted octanol–water partition coefficient (Wildman–Crippen LogP) is 4.89. The van der Waals surface area contributed by atoms with Gasteiger partial charge in [-0.15, -0.1) is 0 Å². The summed E-state index contributed by atoms with van der Waals surface area (Å²) >= 11 is 7.09. The van der Waals surface area contributed by atoms with Crippen LogP contribution in [0.15, 0.2) is 21.1 Å². The second-order valence-electron chi connectivity index (χ2n) is 4.73. The molecule has 4 heteroatoms. The normalized spacial score (nSPS) is 12.8. The Bertz CT molecular complexity index is 394. The molecule has 1 N–H and O–H groups in total. The van der Waals surface area contributed by atoms with E-state index in [4.69, 9.17) is 4.74 Å². The Kier molecular flexibility index (Phi) is 6.67. The van der Waals surface area contributed by atoms with E-state index in [9.17, 15) is 0 Å². The molecule has 0 heterocycles. The zero-order valence-electron chi connectivity index (χ0n) is 11.4. The van der Waals surface area contributed by atoms with Gasteiger partial charge in [-0.3, -0.25) is 0 Å². The van der Waals surface area contributed by atoms with Gasteiger partial charge < -0.3 is 10.1 Å². The van der Waals surface area contributed by atoms with E-state index in [-0.39, 0.29) is 6.10 Å². The monoisotopic (exact) mass is 377 g/mol. The molecule has 0 amide bonds. The van der Waals surface area contributed by atoms with Crippen LogP contribution in [0.5, 0.6) is 5.75 Å². The van der Waals surface area contributed by atoms with Gasteiger partial charge in [-0.1, -0.05) is 22.9 Å². The number of benzene rings is 1. The van der Waals surface area contributed by atoms with E-state index < -0.39 is 0 Å².